The van der Waals surface area contributed by atoms with E-state index >= 15 is 0 Å². The second-order valence-corrected chi connectivity index (χ2v) is 7.78. The lowest BCUT2D eigenvalue weighted by Gasteiger charge is -2.24. The minimum absolute atomic E-state index is 0.0193. The van der Waals surface area contributed by atoms with Crippen molar-refractivity contribution in [3.63, 3.8) is 0 Å². The van der Waals surface area contributed by atoms with Crippen LogP contribution in [-0.4, -0.2) is 21.8 Å². The van der Waals surface area contributed by atoms with Crippen molar-refractivity contribution in [2.24, 2.45) is 5.92 Å². The number of rotatable bonds is 5. The maximum Gasteiger partial charge on any atom is 0.227 e. The molecule has 1 unspecified atom stereocenters. The van der Waals surface area contributed by atoms with Gasteiger partial charge in [-0.1, -0.05) is 42.5 Å². The second-order valence-electron chi connectivity index (χ2n) is 7.78. The zero-order chi connectivity index (χ0) is 21.2. The minimum Gasteiger partial charge on any atom is -0.338 e. The van der Waals surface area contributed by atoms with E-state index in [-0.39, 0.29) is 24.2 Å². The Morgan fingerprint density at radius 3 is 2.68 bits per heavy atom. The summed E-state index contributed by atoms with van der Waals surface area (Å²) < 4.78 is 0. The fraction of sp³-hybridized carbons (Fsp3) is 0.160. The number of aromatic amines is 1. The van der Waals surface area contributed by atoms with Crippen LogP contribution >= 0.6 is 0 Å². The van der Waals surface area contributed by atoms with E-state index in [4.69, 9.17) is 0 Å². The molecule has 2 heterocycles. The zero-order valence-electron chi connectivity index (χ0n) is 16.9. The number of carbonyl (C=O) groups excluding carboxylic acids is 2. The third-order valence-corrected chi connectivity index (χ3v) is 5.68. The molecular formula is C25H22N4O2. The number of hydrogen-bond donors (Lipinski definition) is 3. The van der Waals surface area contributed by atoms with Gasteiger partial charge < -0.3 is 15.6 Å². The number of carbonyl (C=O) groups is 2. The minimum atomic E-state index is -0.203. The Hall–Kier alpha value is -3.93. The number of benzene rings is 3. The lowest BCUT2D eigenvalue weighted by Crippen LogP contribution is -2.30. The molecule has 0 saturated carbocycles. The van der Waals surface area contributed by atoms with E-state index in [1.54, 1.807) is 0 Å². The Morgan fingerprint density at radius 1 is 1.00 bits per heavy atom. The van der Waals surface area contributed by atoms with Crippen molar-refractivity contribution in [2.45, 2.75) is 19.3 Å². The van der Waals surface area contributed by atoms with Crippen LogP contribution in [0.3, 0.4) is 0 Å². The average Bonchev–Trinajstić information content (AvgIpc) is 3.22. The molecule has 1 aliphatic rings. The summed E-state index contributed by atoms with van der Waals surface area (Å²) in [5.74, 6) is 0.371. The van der Waals surface area contributed by atoms with E-state index in [0.717, 1.165) is 27.8 Å². The molecule has 31 heavy (non-hydrogen) atoms. The highest BCUT2D eigenvalue weighted by molar-refractivity contribution is 5.98. The number of fused-ring (bicyclic) bond motifs is 2. The van der Waals surface area contributed by atoms with Crippen molar-refractivity contribution in [1.82, 2.24) is 9.97 Å². The number of amides is 2. The van der Waals surface area contributed by atoms with Gasteiger partial charge in [-0.05, 0) is 48.7 Å². The van der Waals surface area contributed by atoms with Crippen LogP contribution in [0.5, 0.6) is 0 Å². The lowest BCUT2D eigenvalue weighted by atomic mass is 9.89. The van der Waals surface area contributed by atoms with Crippen LogP contribution in [0.15, 0.2) is 72.8 Å². The predicted octanol–water partition coefficient (Wildman–Crippen LogP) is 4.76. The zero-order valence-corrected chi connectivity index (χ0v) is 16.9. The number of anilines is 2. The van der Waals surface area contributed by atoms with E-state index in [1.165, 1.54) is 0 Å². The average molecular weight is 410 g/mol. The van der Waals surface area contributed by atoms with Crippen LogP contribution in [0, 0.1) is 5.92 Å². The van der Waals surface area contributed by atoms with Gasteiger partial charge in [0.25, 0.3) is 0 Å². The summed E-state index contributed by atoms with van der Waals surface area (Å²) in [5.41, 5.74) is 5.33. The normalized spacial score (nSPS) is 15.4. The number of para-hydroxylation sites is 4. The number of H-pyrrole nitrogens is 1. The van der Waals surface area contributed by atoms with E-state index < -0.39 is 0 Å². The van der Waals surface area contributed by atoms with Crippen molar-refractivity contribution in [3.8, 4) is 11.4 Å². The van der Waals surface area contributed by atoms with Gasteiger partial charge in [0, 0.05) is 23.6 Å². The number of hydrogen-bond acceptors (Lipinski definition) is 3. The number of aromatic nitrogens is 2. The van der Waals surface area contributed by atoms with Crippen molar-refractivity contribution in [3.05, 3.63) is 78.4 Å². The van der Waals surface area contributed by atoms with E-state index in [2.05, 4.69) is 20.6 Å². The first-order valence-corrected chi connectivity index (χ1v) is 10.4. The maximum absolute atomic E-state index is 12.7. The second kappa shape index (κ2) is 8.07. The molecule has 2 amide bonds. The third-order valence-electron chi connectivity index (χ3n) is 5.68. The molecule has 0 saturated heterocycles. The predicted molar refractivity (Wildman–Crippen MR) is 122 cm³/mol. The number of imidazole rings is 1. The van der Waals surface area contributed by atoms with Gasteiger partial charge in [0.2, 0.25) is 11.8 Å². The van der Waals surface area contributed by atoms with Crippen LogP contribution in [0.2, 0.25) is 0 Å². The molecule has 0 bridgehead atoms. The fourth-order valence-electron chi connectivity index (χ4n) is 4.04. The Bertz CT molecular complexity index is 1240. The monoisotopic (exact) mass is 410 g/mol. The molecular weight excluding hydrogens is 388 g/mol. The number of nitrogens with zero attached hydrogens (tertiary/aromatic N) is 1. The molecule has 6 nitrogen and oxygen atoms in total. The van der Waals surface area contributed by atoms with Gasteiger partial charge in [-0.25, -0.2) is 4.98 Å². The van der Waals surface area contributed by atoms with Crippen molar-refractivity contribution in [1.29, 1.82) is 0 Å². The molecule has 0 aliphatic carbocycles. The topological polar surface area (TPSA) is 86.9 Å². The van der Waals surface area contributed by atoms with E-state index in [9.17, 15) is 9.59 Å². The van der Waals surface area contributed by atoms with Gasteiger partial charge in [0.1, 0.15) is 5.82 Å². The van der Waals surface area contributed by atoms with E-state index in [1.807, 2.05) is 72.8 Å². The van der Waals surface area contributed by atoms with Gasteiger partial charge in [-0.3, -0.25) is 9.59 Å². The molecule has 0 spiro atoms. The molecule has 1 atom stereocenters. The van der Waals surface area contributed by atoms with Crippen LogP contribution in [-0.2, 0) is 16.0 Å². The summed E-state index contributed by atoms with van der Waals surface area (Å²) in [5, 5.41) is 5.94. The van der Waals surface area contributed by atoms with Gasteiger partial charge in [0.15, 0.2) is 0 Å². The Labute approximate surface area is 179 Å². The van der Waals surface area contributed by atoms with Crippen LogP contribution in [0.25, 0.3) is 22.4 Å². The van der Waals surface area contributed by atoms with Gasteiger partial charge in [0.05, 0.1) is 16.7 Å². The summed E-state index contributed by atoms with van der Waals surface area (Å²) in [6, 6.07) is 23.2. The van der Waals surface area contributed by atoms with Crippen molar-refractivity contribution < 1.29 is 9.59 Å². The van der Waals surface area contributed by atoms with Crippen LogP contribution in [0.1, 0.15) is 18.4 Å². The van der Waals surface area contributed by atoms with Crippen LogP contribution in [0.4, 0.5) is 11.4 Å². The smallest absolute Gasteiger partial charge is 0.227 e. The van der Waals surface area contributed by atoms with Crippen LogP contribution < -0.4 is 10.6 Å². The Kier molecular flexibility index (Phi) is 4.96. The highest BCUT2D eigenvalue weighted by Crippen LogP contribution is 2.29. The van der Waals surface area contributed by atoms with Gasteiger partial charge in [-0.15, -0.1) is 0 Å². The van der Waals surface area contributed by atoms with E-state index in [0.29, 0.717) is 24.4 Å². The first kappa shape index (κ1) is 19.1. The Balaban J connectivity index is 1.28. The molecule has 154 valence electrons. The summed E-state index contributed by atoms with van der Waals surface area (Å²) in [6.07, 6.45) is 1.43. The number of nitrogens with one attached hydrogen (secondary N) is 3. The molecule has 6 heteroatoms. The molecule has 5 rings (SSSR count). The highest BCUT2D eigenvalue weighted by Gasteiger charge is 2.26. The quantitative estimate of drug-likeness (QED) is 0.443. The summed E-state index contributed by atoms with van der Waals surface area (Å²) in [6.45, 7) is 0. The van der Waals surface area contributed by atoms with Crippen molar-refractivity contribution in [2.75, 3.05) is 10.6 Å². The summed E-state index contributed by atoms with van der Waals surface area (Å²) in [7, 11) is 0. The molecule has 3 N–H and O–H groups in total. The lowest BCUT2D eigenvalue weighted by molar-refractivity contribution is -0.121. The summed E-state index contributed by atoms with van der Waals surface area (Å²) >= 11 is 0. The van der Waals surface area contributed by atoms with Gasteiger partial charge in [-0.2, -0.15) is 0 Å². The Morgan fingerprint density at radius 2 is 1.77 bits per heavy atom. The molecule has 4 aromatic rings. The highest BCUT2D eigenvalue weighted by atomic mass is 16.2. The largest absolute Gasteiger partial charge is 0.338 e. The molecule has 0 radical (unpaired) electrons. The standard InChI is InChI=1S/C25H22N4O2/c30-23(14-13-17-15-16-7-1-3-9-19(16)29-25(17)31)26-20-10-4-2-8-18(20)24-27-21-11-5-6-12-22(21)28-24/h1-12,17H,13-15H2,(H,26,30)(H,27,28)(H,29,31). The van der Waals surface area contributed by atoms with Gasteiger partial charge >= 0.3 is 0 Å². The van der Waals surface area contributed by atoms with Crippen molar-refractivity contribution >= 4 is 34.2 Å². The summed E-state index contributed by atoms with van der Waals surface area (Å²) in [4.78, 5) is 33.0. The first-order valence-electron chi connectivity index (χ1n) is 10.4. The maximum atomic E-state index is 12.7. The molecule has 3 aromatic carbocycles. The molecule has 0 fully saturated rings. The SMILES string of the molecule is O=C(CCC1Cc2ccccc2NC1=O)Nc1ccccc1-c1nc2ccccc2[nH]1. The third kappa shape index (κ3) is 3.92. The first-order chi connectivity index (χ1) is 15.2. The fourth-order valence-corrected chi connectivity index (χ4v) is 4.04. The molecule has 1 aromatic heterocycles. The molecule has 1 aliphatic heterocycles.